The van der Waals surface area contributed by atoms with Gasteiger partial charge in [0.1, 0.15) is 0 Å². The highest BCUT2D eigenvalue weighted by Crippen LogP contribution is 2.30. The zero-order valence-corrected chi connectivity index (χ0v) is 14.8. The van der Waals surface area contributed by atoms with Gasteiger partial charge in [-0.05, 0) is 23.1 Å². The van der Waals surface area contributed by atoms with Gasteiger partial charge in [-0.2, -0.15) is 0 Å². The topological polar surface area (TPSA) is 56.9 Å². The van der Waals surface area contributed by atoms with E-state index in [1.54, 1.807) is 0 Å². The van der Waals surface area contributed by atoms with E-state index in [4.69, 9.17) is 0 Å². The lowest BCUT2D eigenvalue weighted by Crippen LogP contribution is -2.39. The molecule has 3 aromatic rings. The molecule has 0 radical (unpaired) electrons. The van der Waals surface area contributed by atoms with Gasteiger partial charge in [0.25, 0.3) is 0 Å². The number of aromatic nitrogens is 1. The Morgan fingerprint density at radius 2 is 1.64 bits per heavy atom. The Bertz CT molecular complexity index is 823. The molecule has 0 spiro atoms. The van der Waals surface area contributed by atoms with Gasteiger partial charge < -0.3 is 15.6 Å². The number of fused-ring (bicyclic) bond motifs is 1. The Balaban J connectivity index is 1.83. The molecule has 0 aliphatic heterocycles. The Morgan fingerprint density at radius 1 is 0.960 bits per heavy atom. The number of H-pyrrole nitrogens is 1. The maximum absolute atomic E-state index is 12.1. The summed E-state index contributed by atoms with van der Waals surface area (Å²) in [6, 6.07) is 18.5. The third-order valence-electron chi connectivity index (χ3n) is 4.34. The largest absolute Gasteiger partial charge is 0.361 e. The summed E-state index contributed by atoms with van der Waals surface area (Å²) < 4.78 is 0. The fraction of sp³-hybridized carbons (Fsp3) is 0.286. The Hall–Kier alpha value is -2.75. The third kappa shape index (κ3) is 4.21. The fourth-order valence-electron chi connectivity index (χ4n) is 3.03. The second kappa shape index (κ2) is 7.88. The first-order valence-corrected chi connectivity index (χ1v) is 8.78. The van der Waals surface area contributed by atoms with Crippen LogP contribution in [0.2, 0.25) is 0 Å². The van der Waals surface area contributed by atoms with Crippen molar-refractivity contribution in [2.45, 2.75) is 19.8 Å². The molecule has 0 aliphatic carbocycles. The number of urea groups is 1. The van der Waals surface area contributed by atoms with Crippen LogP contribution < -0.4 is 10.6 Å². The number of hydrogen-bond donors (Lipinski definition) is 3. The van der Waals surface area contributed by atoms with Gasteiger partial charge in [-0.3, -0.25) is 0 Å². The van der Waals surface area contributed by atoms with Crippen LogP contribution in [0.4, 0.5) is 4.79 Å². The van der Waals surface area contributed by atoms with E-state index in [1.165, 1.54) is 16.5 Å². The average molecular weight is 335 g/mol. The van der Waals surface area contributed by atoms with Gasteiger partial charge in [-0.25, -0.2) is 4.79 Å². The predicted octanol–water partition coefficient (Wildman–Crippen LogP) is 4.26. The second-order valence-corrected chi connectivity index (χ2v) is 6.74. The highest BCUT2D eigenvalue weighted by molar-refractivity contribution is 5.84. The van der Waals surface area contributed by atoms with E-state index in [2.05, 4.69) is 59.9 Å². The molecule has 0 aliphatic rings. The minimum absolute atomic E-state index is 0.0992. The summed E-state index contributed by atoms with van der Waals surface area (Å²) in [6.45, 7) is 5.39. The van der Waals surface area contributed by atoms with Crippen LogP contribution in [0.15, 0.2) is 60.8 Å². The predicted molar refractivity (Wildman–Crippen MR) is 103 cm³/mol. The van der Waals surface area contributed by atoms with Gasteiger partial charge in [0.15, 0.2) is 0 Å². The quantitative estimate of drug-likeness (QED) is 0.619. The number of para-hydroxylation sites is 1. The van der Waals surface area contributed by atoms with Crippen molar-refractivity contribution in [1.29, 1.82) is 0 Å². The van der Waals surface area contributed by atoms with Crippen LogP contribution in [0.5, 0.6) is 0 Å². The van der Waals surface area contributed by atoms with E-state index in [-0.39, 0.29) is 11.9 Å². The van der Waals surface area contributed by atoms with Gasteiger partial charge in [0, 0.05) is 36.1 Å². The Labute approximate surface area is 148 Å². The molecule has 0 fully saturated rings. The Morgan fingerprint density at radius 3 is 2.40 bits per heavy atom. The smallest absolute Gasteiger partial charge is 0.314 e. The van der Waals surface area contributed by atoms with E-state index in [1.807, 2.05) is 30.3 Å². The summed E-state index contributed by atoms with van der Waals surface area (Å²) in [5.41, 5.74) is 3.50. The molecule has 3 N–H and O–H groups in total. The van der Waals surface area contributed by atoms with Crippen molar-refractivity contribution in [3.05, 3.63) is 71.9 Å². The summed E-state index contributed by atoms with van der Waals surface area (Å²) in [7, 11) is 0. The molecule has 1 unspecified atom stereocenters. The van der Waals surface area contributed by atoms with Crippen LogP contribution in [-0.2, 0) is 0 Å². The van der Waals surface area contributed by atoms with Crippen LogP contribution in [-0.4, -0.2) is 24.1 Å². The number of nitrogens with one attached hydrogen (secondary N) is 3. The van der Waals surface area contributed by atoms with Crippen LogP contribution in [0.25, 0.3) is 10.9 Å². The van der Waals surface area contributed by atoms with Crippen molar-refractivity contribution >= 4 is 16.9 Å². The highest BCUT2D eigenvalue weighted by atomic mass is 16.2. The lowest BCUT2D eigenvalue weighted by molar-refractivity contribution is 0.239. The summed E-state index contributed by atoms with van der Waals surface area (Å²) in [5.74, 6) is 0.534. The second-order valence-electron chi connectivity index (χ2n) is 6.74. The average Bonchev–Trinajstić information content (AvgIpc) is 3.05. The number of carbonyl (C=O) groups excluding carboxylic acids is 1. The summed E-state index contributed by atoms with van der Waals surface area (Å²) in [6.07, 6.45) is 2.05. The molecule has 0 bridgehead atoms. The third-order valence-corrected chi connectivity index (χ3v) is 4.34. The van der Waals surface area contributed by atoms with Crippen molar-refractivity contribution in [3.63, 3.8) is 0 Å². The van der Waals surface area contributed by atoms with Gasteiger partial charge >= 0.3 is 6.03 Å². The first-order valence-electron chi connectivity index (χ1n) is 8.78. The zero-order chi connectivity index (χ0) is 17.6. The number of amides is 2. The number of hydrogen-bond acceptors (Lipinski definition) is 1. The van der Waals surface area contributed by atoms with Gasteiger partial charge in [0.05, 0.1) is 0 Å². The van der Waals surface area contributed by atoms with Crippen molar-refractivity contribution in [2.75, 3.05) is 13.1 Å². The maximum atomic E-state index is 12.1. The Kier molecular flexibility index (Phi) is 5.39. The monoisotopic (exact) mass is 335 g/mol. The lowest BCUT2D eigenvalue weighted by atomic mass is 9.91. The first kappa shape index (κ1) is 17.1. The number of aromatic amines is 1. The summed E-state index contributed by atoms with van der Waals surface area (Å²) in [5, 5.41) is 7.13. The van der Waals surface area contributed by atoms with E-state index in [0.29, 0.717) is 19.0 Å². The summed E-state index contributed by atoms with van der Waals surface area (Å²) in [4.78, 5) is 15.4. The fourth-order valence-corrected chi connectivity index (χ4v) is 3.03. The molecule has 1 heterocycles. The van der Waals surface area contributed by atoms with E-state index >= 15 is 0 Å². The molecular formula is C21H25N3O. The first-order chi connectivity index (χ1) is 12.1. The molecule has 1 atom stereocenters. The minimum atomic E-state index is -0.116. The van der Waals surface area contributed by atoms with Crippen LogP contribution in [0.1, 0.15) is 30.9 Å². The van der Waals surface area contributed by atoms with Gasteiger partial charge in [0.2, 0.25) is 0 Å². The van der Waals surface area contributed by atoms with E-state index < -0.39 is 0 Å². The van der Waals surface area contributed by atoms with Crippen molar-refractivity contribution in [2.24, 2.45) is 5.92 Å². The van der Waals surface area contributed by atoms with Gasteiger partial charge in [-0.15, -0.1) is 0 Å². The molecule has 3 rings (SSSR count). The molecule has 4 heteroatoms. The SMILES string of the molecule is CC(C)CNC(=O)NCC(c1ccccc1)c1c[nH]c2ccccc12. The maximum Gasteiger partial charge on any atom is 0.314 e. The molecule has 4 nitrogen and oxygen atoms in total. The molecule has 2 aromatic carbocycles. The minimum Gasteiger partial charge on any atom is -0.361 e. The lowest BCUT2D eigenvalue weighted by Gasteiger charge is -2.19. The summed E-state index contributed by atoms with van der Waals surface area (Å²) >= 11 is 0. The van der Waals surface area contributed by atoms with Crippen molar-refractivity contribution in [3.8, 4) is 0 Å². The molecule has 1 aromatic heterocycles. The number of benzene rings is 2. The van der Waals surface area contributed by atoms with Crippen LogP contribution >= 0.6 is 0 Å². The van der Waals surface area contributed by atoms with E-state index in [9.17, 15) is 4.79 Å². The van der Waals surface area contributed by atoms with Crippen molar-refractivity contribution < 1.29 is 4.79 Å². The standard InChI is InChI=1S/C21H25N3O/c1-15(2)12-23-21(25)24-13-18(16-8-4-3-5-9-16)19-14-22-20-11-7-6-10-17(19)20/h3-11,14-15,18,22H,12-13H2,1-2H3,(H2,23,24,25). The van der Waals surface area contributed by atoms with Crippen LogP contribution in [0, 0.1) is 5.92 Å². The normalized spacial score (nSPS) is 12.3. The molecule has 2 amide bonds. The molecule has 25 heavy (non-hydrogen) atoms. The van der Waals surface area contributed by atoms with Gasteiger partial charge in [-0.1, -0.05) is 62.4 Å². The zero-order valence-electron chi connectivity index (χ0n) is 14.8. The van der Waals surface area contributed by atoms with Crippen molar-refractivity contribution in [1.82, 2.24) is 15.6 Å². The van der Waals surface area contributed by atoms with E-state index in [0.717, 1.165) is 5.52 Å². The van der Waals surface area contributed by atoms with Crippen LogP contribution in [0.3, 0.4) is 0 Å². The molecule has 130 valence electrons. The highest BCUT2D eigenvalue weighted by Gasteiger charge is 2.18. The number of rotatable bonds is 6. The number of carbonyl (C=O) groups is 1. The molecular weight excluding hydrogens is 310 g/mol. The molecule has 0 saturated heterocycles. The molecule has 0 saturated carbocycles.